The number of thiophene rings is 1. The zero-order chi connectivity index (χ0) is 11.8. The van der Waals surface area contributed by atoms with E-state index in [1.54, 1.807) is 0 Å². The smallest absolute Gasteiger partial charge is 0.0556 e. The Morgan fingerprint density at radius 1 is 1.31 bits per heavy atom. The minimum atomic E-state index is 0.354. The maximum absolute atomic E-state index is 5.66. The summed E-state index contributed by atoms with van der Waals surface area (Å²) in [5.74, 6) is 5.66. The Hall–Kier alpha value is -0.380. The van der Waals surface area contributed by atoms with Gasteiger partial charge in [-0.25, -0.2) is 0 Å². The third-order valence-corrected chi connectivity index (χ3v) is 4.10. The quantitative estimate of drug-likeness (QED) is 0.412. The van der Waals surface area contributed by atoms with Gasteiger partial charge in [-0.05, 0) is 29.9 Å². The molecule has 0 fully saturated rings. The highest BCUT2D eigenvalue weighted by atomic mass is 32.1. The van der Waals surface area contributed by atoms with Gasteiger partial charge < -0.3 is 0 Å². The monoisotopic (exact) mass is 240 g/mol. The maximum Gasteiger partial charge on any atom is 0.0556 e. The molecule has 1 aromatic rings. The lowest BCUT2D eigenvalue weighted by atomic mass is 10.0. The van der Waals surface area contributed by atoms with Crippen LogP contribution in [-0.2, 0) is 6.42 Å². The van der Waals surface area contributed by atoms with Crippen LogP contribution in [-0.4, -0.2) is 0 Å². The molecule has 1 heterocycles. The Bertz CT molecular complexity index is 283. The number of nitrogens with one attached hydrogen (secondary N) is 1. The van der Waals surface area contributed by atoms with E-state index in [2.05, 4.69) is 30.7 Å². The summed E-state index contributed by atoms with van der Waals surface area (Å²) in [6, 6.07) is 2.57. The van der Waals surface area contributed by atoms with Gasteiger partial charge in [0.15, 0.2) is 0 Å². The molecule has 92 valence electrons. The van der Waals surface area contributed by atoms with Crippen molar-refractivity contribution in [2.24, 2.45) is 5.84 Å². The summed E-state index contributed by atoms with van der Waals surface area (Å²) in [4.78, 5) is 1.43. The van der Waals surface area contributed by atoms with Crippen molar-refractivity contribution in [1.29, 1.82) is 0 Å². The van der Waals surface area contributed by atoms with Gasteiger partial charge in [-0.1, -0.05) is 39.5 Å². The van der Waals surface area contributed by atoms with Crippen LogP contribution >= 0.6 is 11.3 Å². The largest absolute Gasteiger partial charge is 0.271 e. The molecule has 0 aliphatic carbocycles. The van der Waals surface area contributed by atoms with E-state index in [0.717, 1.165) is 12.8 Å². The zero-order valence-corrected chi connectivity index (χ0v) is 11.3. The van der Waals surface area contributed by atoms with Crippen LogP contribution < -0.4 is 11.3 Å². The lowest BCUT2D eigenvalue weighted by Gasteiger charge is -2.16. The molecule has 1 unspecified atom stereocenters. The molecule has 0 aromatic carbocycles. The Morgan fingerprint density at radius 2 is 2.12 bits per heavy atom. The average Bonchev–Trinajstić information content (AvgIpc) is 2.77. The number of aryl methyl sites for hydroxylation is 1. The SMILES string of the molecule is CCCCCCC(NN)c1sccc1CC. The molecule has 0 bridgehead atoms. The van der Waals surface area contributed by atoms with Crippen molar-refractivity contribution in [2.75, 3.05) is 0 Å². The van der Waals surface area contributed by atoms with E-state index in [-0.39, 0.29) is 0 Å². The van der Waals surface area contributed by atoms with Crippen molar-refractivity contribution in [1.82, 2.24) is 5.43 Å². The fourth-order valence-corrected chi connectivity index (χ4v) is 3.10. The highest BCUT2D eigenvalue weighted by Crippen LogP contribution is 2.28. The molecule has 2 nitrogen and oxygen atoms in total. The minimum absolute atomic E-state index is 0.354. The molecule has 16 heavy (non-hydrogen) atoms. The van der Waals surface area contributed by atoms with E-state index in [1.165, 1.54) is 36.1 Å². The Balaban J connectivity index is 2.47. The van der Waals surface area contributed by atoms with Crippen LogP contribution in [0.1, 0.15) is 62.4 Å². The first-order chi connectivity index (χ1) is 7.83. The molecule has 1 atom stereocenters. The molecule has 3 heteroatoms. The van der Waals surface area contributed by atoms with Gasteiger partial charge in [0.25, 0.3) is 0 Å². The highest BCUT2D eigenvalue weighted by Gasteiger charge is 2.13. The second-order valence-electron chi connectivity index (χ2n) is 4.23. The Labute approximate surface area is 103 Å². The number of rotatable bonds is 8. The summed E-state index contributed by atoms with van der Waals surface area (Å²) >= 11 is 1.83. The van der Waals surface area contributed by atoms with Crippen LogP contribution in [0.15, 0.2) is 11.4 Å². The van der Waals surface area contributed by atoms with Gasteiger partial charge >= 0.3 is 0 Å². The van der Waals surface area contributed by atoms with Gasteiger partial charge in [0.05, 0.1) is 6.04 Å². The predicted octanol–water partition coefficient (Wildman–Crippen LogP) is 3.79. The summed E-state index contributed by atoms with van der Waals surface area (Å²) in [5.41, 5.74) is 4.41. The number of hydrogen-bond acceptors (Lipinski definition) is 3. The van der Waals surface area contributed by atoms with Crippen molar-refractivity contribution in [3.8, 4) is 0 Å². The second-order valence-corrected chi connectivity index (χ2v) is 5.18. The van der Waals surface area contributed by atoms with Crippen LogP contribution in [0.25, 0.3) is 0 Å². The Kier molecular flexibility index (Phi) is 6.69. The van der Waals surface area contributed by atoms with E-state index in [4.69, 9.17) is 5.84 Å². The van der Waals surface area contributed by atoms with E-state index in [9.17, 15) is 0 Å². The summed E-state index contributed by atoms with van der Waals surface area (Å²) < 4.78 is 0. The molecule has 3 N–H and O–H groups in total. The Morgan fingerprint density at radius 3 is 2.75 bits per heavy atom. The predicted molar refractivity (Wildman–Crippen MR) is 72.5 cm³/mol. The van der Waals surface area contributed by atoms with Gasteiger partial charge in [0.1, 0.15) is 0 Å². The van der Waals surface area contributed by atoms with Gasteiger partial charge in [0.2, 0.25) is 0 Å². The van der Waals surface area contributed by atoms with Crippen molar-refractivity contribution >= 4 is 11.3 Å². The standard InChI is InChI=1S/C13H24N2S/c1-3-5-6-7-8-12(15-14)13-11(4-2)9-10-16-13/h9-10,12,15H,3-8,14H2,1-2H3. The molecule has 0 amide bonds. The van der Waals surface area contributed by atoms with Crippen molar-refractivity contribution in [3.63, 3.8) is 0 Å². The lowest BCUT2D eigenvalue weighted by Crippen LogP contribution is -2.28. The molecule has 0 aliphatic heterocycles. The molecular formula is C13H24N2S. The molecular weight excluding hydrogens is 216 g/mol. The topological polar surface area (TPSA) is 38.0 Å². The van der Waals surface area contributed by atoms with Gasteiger partial charge in [0, 0.05) is 4.88 Å². The molecule has 1 aromatic heterocycles. The first-order valence-corrected chi connectivity index (χ1v) is 7.23. The van der Waals surface area contributed by atoms with Crippen LogP contribution in [0.3, 0.4) is 0 Å². The minimum Gasteiger partial charge on any atom is -0.271 e. The fourth-order valence-electron chi connectivity index (χ4n) is 2.01. The van der Waals surface area contributed by atoms with E-state index < -0.39 is 0 Å². The van der Waals surface area contributed by atoms with Crippen LogP contribution in [0.4, 0.5) is 0 Å². The van der Waals surface area contributed by atoms with Gasteiger partial charge in [-0.3, -0.25) is 11.3 Å². The molecule has 1 rings (SSSR count). The average molecular weight is 240 g/mol. The molecule has 0 spiro atoms. The molecule has 0 aliphatic rings. The summed E-state index contributed by atoms with van der Waals surface area (Å²) in [6.45, 7) is 4.45. The van der Waals surface area contributed by atoms with Crippen LogP contribution in [0.5, 0.6) is 0 Å². The summed E-state index contributed by atoms with van der Waals surface area (Å²) in [7, 11) is 0. The first kappa shape index (κ1) is 13.7. The fraction of sp³-hybridized carbons (Fsp3) is 0.692. The highest BCUT2D eigenvalue weighted by molar-refractivity contribution is 7.10. The first-order valence-electron chi connectivity index (χ1n) is 6.35. The molecule has 0 saturated carbocycles. The number of hydrogen-bond donors (Lipinski definition) is 2. The van der Waals surface area contributed by atoms with E-state index in [1.807, 2.05) is 11.3 Å². The third-order valence-electron chi connectivity index (χ3n) is 3.03. The van der Waals surface area contributed by atoms with Gasteiger partial charge in [-0.15, -0.1) is 11.3 Å². The number of unbranched alkanes of at least 4 members (excludes halogenated alkanes) is 3. The zero-order valence-electron chi connectivity index (χ0n) is 10.5. The van der Waals surface area contributed by atoms with Crippen molar-refractivity contribution in [3.05, 3.63) is 21.9 Å². The second kappa shape index (κ2) is 7.82. The van der Waals surface area contributed by atoms with Crippen LogP contribution in [0.2, 0.25) is 0 Å². The van der Waals surface area contributed by atoms with Gasteiger partial charge in [-0.2, -0.15) is 0 Å². The number of hydrazine groups is 1. The molecule has 0 radical (unpaired) electrons. The van der Waals surface area contributed by atoms with Crippen molar-refractivity contribution < 1.29 is 0 Å². The normalized spacial score (nSPS) is 12.9. The van der Waals surface area contributed by atoms with Crippen LogP contribution in [0, 0.1) is 0 Å². The molecule has 0 saturated heterocycles. The summed E-state index contributed by atoms with van der Waals surface area (Å²) in [5, 5.41) is 2.17. The van der Waals surface area contributed by atoms with Crippen molar-refractivity contribution in [2.45, 2.75) is 58.4 Å². The lowest BCUT2D eigenvalue weighted by molar-refractivity contribution is 0.486. The third kappa shape index (κ3) is 3.89. The van der Waals surface area contributed by atoms with E-state index in [0.29, 0.717) is 6.04 Å². The number of nitrogens with two attached hydrogens (primary N) is 1. The maximum atomic E-state index is 5.66. The van der Waals surface area contributed by atoms with E-state index >= 15 is 0 Å². The summed E-state index contributed by atoms with van der Waals surface area (Å²) in [6.07, 6.45) is 7.48.